The third-order valence-corrected chi connectivity index (χ3v) is 3.81. The second-order valence-corrected chi connectivity index (χ2v) is 4.86. The first-order chi connectivity index (χ1) is 7.68. The van der Waals surface area contributed by atoms with Gasteiger partial charge in [-0.2, -0.15) is 0 Å². The fourth-order valence-electron chi connectivity index (χ4n) is 2.43. The van der Waals surface area contributed by atoms with Crippen LogP contribution in [0.2, 0.25) is 0 Å². The van der Waals surface area contributed by atoms with Gasteiger partial charge >= 0.3 is 0 Å². The average Bonchev–Trinajstić information content (AvgIpc) is 2.78. The highest BCUT2D eigenvalue weighted by Gasteiger charge is 2.28. The Kier molecular flexibility index (Phi) is 3.32. The van der Waals surface area contributed by atoms with Gasteiger partial charge < -0.3 is 9.73 Å². The molecule has 1 N–H and O–H groups in total. The first kappa shape index (κ1) is 11.2. The zero-order chi connectivity index (χ0) is 11.5. The van der Waals surface area contributed by atoms with Crippen LogP contribution in [0.3, 0.4) is 0 Å². The fourth-order valence-corrected chi connectivity index (χ4v) is 2.43. The van der Waals surface area contributed by atoms with E-state index in [9.17, 15) is 4.79 Å². The van der Waals surface area contributed by atoms with Gasteiger partial charge in [0.25, 0.3) is 5.91 Å². The summed E-state index contributed by atoms with van der Waals surface area (Å²) in [6, 6.07) is 2.01. The topological polar surface area (TPSA) is 42.2 Å². The van der Waals surface area contributed by atoms with Crippen LogP contribution < -0.4 is 5.32 Å². The van der Waals surface area contributed by atoms with Crippen molar-refractivity contribution in [2.75, 3.05) is 0 Å². The Morgan fingerprint density at radius 1 is 1.44 bits per heavy atom. The van der Waals surface area contributed by atoms with Crippen molar-refractivity contribution in [3.63, 3.8) is 0 Å². The van der Waals surface area contributed by atoms with Crippen LogP contribution in [-0.4, -0.2) is 11.9 Å². The molecule has 0 saturated heterocycles. The largest absolute Gasteiger partial charge is 0.472 e. The summed E-state index contributed by atoms with van der Waals surface area (Å²) in [6.45, 7) is 4.49. The van der Waals surface area contributed by atoms with Gasteiger partial charge in [-0.15, -0.1) is 0 Å². The number of carbonyl (C=O) groups excluding carboxylic acids is 1. The second-order valence-electron chi connectivity index (χ2n) is 4.86. The maximum Gasteiger partial charge on any atom is 0.254 e. The van der Waals surface area contributed by atoms with Crippen molar-refractivity contribution in [1.82, 2.24) is 5.32 Å². The molecule has 1 heterocycles. The molecule has 1 amide bonds. The lowest BCUT2D eigenvalue weighted by Gasteiger charge is -2.34. The third-order valence-electron chi connectivity index (χ3n) is 3.81. The minimum atomic E-state index is -0.0142. The van der Waals surface area contributed by atoms with Crippen LogP contribution in [0.25, 0.3) is 0 Å². The second kappa shape index (κ2) is 4.73. The van der Waals surface area contributed by atoms with Gasteiger partial charge in [-0.25, -0.2) is 0 Å². The van der Waals surface area contributed by atoms with E-state index in [0.717, 1.165) is 6.42 Å². The first-order valence-electron chi connectivity index (χ1n) is 6.01. The van der Waals surface area contributed by atoms with Crippen molar-refractivity contribution in [2.24, 2.45) is 11.8 Å². The van der Waals surface area contributed by atoms with E-state index < -0.39 is 0 Å². The zero-order valence-electron chi connectivity index (χ0n) is 9.90. The van der Waals surface area contributed by atoms with Crippen LogP contribution in [0.5, 0.6) is 0 Å². The third kappa shape index (κ3) is 2.29. The summed E-state index contributed by atoms with van der Waals surface area (Å²) in [5.74, 6) is 1.24. The lowest BCUT2D eigenvalue weighted by molar-refractivity contribution is 0.0890. The number of furan rings is 1. The Hall–Kier alpha value is -1.25. The molecule has 0 spiro atoms. The van der Waals surface area contributed by atoms with Crippen molar-refractivity contribution in [3.05, 3.63) is 24.2 Å². The van der Waals surface area contributed by atoms with Crippen molar-refractivity contribution >= 4 is 5.91 Å². The molecule has 88 valence electrons. The average molecular weight is 221 g/mol. The van der Waals surface area contributed by atoms with Gasteiger partial charge in [-0.1, -0.05) is 26.7 Å². The van der Waals surface area contributed by atoms with Gasteiger partial charge in [0, 0.05) is 6.04 Å². The van der Waals surface area contributed by atoms with E-state index in [1.807, 2.05) is 0 Å². The number of rotatable bonds is 2. The van der Waals surface area contributed by atoms with E-state index in [-0.39, 0.29) is 5.91 Å². The Labute approximate surface area is 96.2 Å². The molecule has 2 rings (SSSR count). The molecular formula is C13H19NO2. The van der Waals surface area contributed by atoms with Crippen molar-refractivity contribution in [3.8, 4) is 0 Å². The predicted octanol–water partition coefficient (Wildman–Crippen LogP) is 2.83. The molecule has 3 nitrogen and oxygen atoms in total. The van der Waals surface area contributed by atoms with E-state index in [1.165, 1.54) is 25.4 Å². The molecule has 1 aromatic heterocycles. The predicted molar refractivity (Wildman–Crippen MR) is 62.1 cm³/mol. The number of hydrogen-bond donors (Lipinski definition) is 1. The number of carbonyl (C=O) groups is 1. The van der Waals surface area contributed by atoms with Crippen molar-refractivity contribution in [2.45, 2.75) is 39.2 Å². The Morgan fingerprint density at radius 3 is 2.94 bits per heavy atom. The zero-order valence-corrected chi connectivity index (χ0v) is 9.90. The maximum atomic E-state index is 11.9. The molecule has 16 heavy (non-hydrogen) atoms. The molecule has 3 atom stereocenters. The Balaban J connectivity index is 1.96. The Morgan fingerprint density at radius 2 is 2.25 bits per heavy atom. The summed E-state index contributed by atoms with van der Waals surface area (Å²) in [6.07, 6.45) is 6.60. The lowest BCUT2D eigenvalue weighted by atomic mass is 9.78. The van der Waals surface area contributed by atoms with Gasteiger partial charge in [-0.05, 0) is 24.3 Å². The SMILES string of the molecule is CC1CCCC(NC(=O)c2ccoc2)C1C. The summed E-state index contributed by atoms with van der Waals surface area (Å²) in [5.41, 5.74) is 0.616. The molecule has 1 aliphatic carbocycles. The van der Waals surface area contributed by atoms with Crippen molar-refractivity contribution < 1.29 is 9.21 Å². The molecule has 0 radical (unpaired) electrons. The molecule has 1 saturated carbocycles. The van der Waals surface area contributed by atoms with E-state index >= 15 is 0 Å². The molecule has 1 aliphatic rings. The van der Waals surface area contributed by atoms with Crippen LogP contribution in [0.1, 0.15) is 43.5 Å². The Bertz CT molecular complexity index is 345. The summed E-state index contributed by atoms with van der Waals surface area (Å²) in [5, 5.41) is 3.10. The summed E-state index contributed by atoms with van der Waals surface area (Å²) in [4.78, 5) is 11.9. The summed E-state index contributed by atoms with van der Waals surface area (Å²) < 4.78 is 4.91. The standard InChI is InChI=1S/C13H19NO2/c1-9-4-3-5-12(10(9)2)14-13(15)11-6-7-16-8-11/h6-10,12H,3-5H2,1-2H3,(H,14,15). The van der Waals surface area contributed by atoms with Gasteiger partial charge in [0.2, 0.25) is 0 Å². The van der Waals surface area contributed by atoms with E-state index in [2.05, 4.69) is 19.2 Å². The number of hydrogen-bond acceptors (Lipinski definition) is 2. The van der Waals surface area contributed by atoms with Crippen molar-refractivity contribution in [1.29, 1.82) is 0 Å². The van der Waals surface area contributed by atoms with Gasteiger partial charge in [0.15, 0.2) is 0 Å². The highest BCUT2D eigenvalue weighted by molar-refractivity contribution is 5.93. The highest BCUT2D eigenvalue weighted by atomic mass is 16.3. The molecule has 3 heteroatoms. The lowest BCUT2D eigenvalue weighted by Crippen LogP contribution is -2.43. The quantitative estimate of drug-likeness (QED) is 0.834. The molecule has 0 bridgehead atoms. The monoisotopic (exact) mass is 221 g/mol. The van der Waals surface area contributed by atoms with E-state index in [1.54, 1.807) is 6.07 Å². The molecule has 0 aliphatic heterocycles. The first-order valence-corrected chi connectivity index (χ1v) is 6.01. The van der Waals surface area contributed by atoms with Crippen LogP contribution in [-0.2, 0) is 0 Å². The number of nitrogens with one attached hydrogen (secondary N) is 1. The van der Waals surface area contributed by atoms with E-state index in [0.29, 0.717) is 23.4 Å². The normalized spacial score (nSPS) is 30.0. The highest BCUT2D eigenvalue weighted by Crippen LogP contribution is 2.29. The van der Waals surface area contributed by atoms with Crippen LogP contribution in [0, 0.1) is 11.8 Å². The van der Waals surface area contributed by atoms with E-state index in [4.69, 9.17) is 4.42 Å². The van der Waals surface area contributed by atoms with Gasteiger partial charge in [-0.3, -0.25) is 4.79 Å². The summed E-state index contributed by atoms with van der Waals surface area (Å²) >= 11 is 0. The van der Waals surface area contributed by atoms with Gasteiger partial charge in [0.1, 0.15) is 6.26 Å². The molecule has 0 aromatic carbocycles. The minimum absolute atomic E-state index is 0.0142. The minimum Gasteiger partial charge on any atom is -0.472 e. The fraction of sp³-hybridized carbons (Fsp3) is 0.615. The molecular weight excluding hydrogens is 202 g/mol. The van der Waals surface area contributed by atoms with Crippen LogP contribution in [0.4, 0.5) is 0 Å². The summed E-state index contributed by atoms with van der Waals surface area (Å²) in [7, 11) is 0. The smallest absolute Gasteiger partial charge is 0.254 e. The number of amides is 1. The van der Waals surface area contributed by atoms with Crippen LogP contribution in [0.15, 0.2) is 23.0 Å². The van der Waals surface area contributed by atoms with Gasteiger partial charge in [0.05, 0.1) is 11.8 Å². The van der Waals surface area contributed by atoms with Crippen LogP contribution >= 0.6 is 0 Å². The molecule has 1 fully saturated rings. The molecule has 1 aromatic rings. The molecule has 3 unspecified atom stereocenters. The maximum absolute atomic E-state index is 11.9.